The SMILES string of the molecule is CNCCC[C@@H]1Cc2cc(Cl)ccc2N(c2ccccc2F)S1(=O)=O. The number of sulfonamides is 1. The van der Waals surface area contributed by atoms with E-state index >= 15 is 0 Å². The highest BCUT2D eigenvalue weighted by molar-refractivity contribution is 7.93. The summed E-state index contributed by atoms with van der Waals surface area (Å²) >= 11 is 6.10. The van der Waals surface area contributed by atoms with Crippen molar-refractivity contribution in [1.29, 1.82) is 0 Å². The maximum absolute atomic E-state index is 14.4. The second-order valence-corrected chi connectivity index (χ2v) is 8.60. The summed E-state index contributed by atoms with van der Waals surface area (Å²) in [6.07, 6.45) is 1.61. The first-order chi connectivity index (χ1) is 11.9. The van der Waals surface area contributed by atoms with Crippen molar-refractivity contribution in [1.82, 2.24) is 5.32 Å². The normalized spacial score (nSPS) is 18.8. The van der Waals surface area contributed by atoms with Gasteiger partial charge in [-0.1, -0.05) is 23.7 Å². The lowest BCUT2D eigenvalue weighted by molar-refractivity contribution is 0.552. The standard InChI is InChI=1S/C18H20ClFN2O2S/c1-21-10-4-5-15-12-13-11-14(19)8-9-17(13)22(25(15,23)24)18-7-3-2-6-16(18)20/h2-3,6-9,11,15,21H,4-5,10,12H2,1H3/t15-/m1/s1. The lowest BCUT2D eigenvalue weighted by Crippen LogP contribution is -2.42. The minimum absolute atomic E-state index is 0.0457. The Morgan fingerprint density at radius 1 is 1.24 bits per heavy atom. The van der Waals surface area contributed by atoms with E-state index in [1.54, 1.807) is 30.3 Å². The van der Waals surface area contributed by atoms with Crippen LogP contribution in [-0.4, -0.2) is 27.3 Å². The molecule has 0 saturated heterocycles. The fourth-order valence-electron chi connectivity index (χ4n) is 3.19. The molecule has 7 heteroatoms. The highest BCUT2D eigenvalue weighted by atomic mass is 35.5. The maximum Gasteiger partial charge on any atom is 0.242 e. The van der Waals surface area contributed by atoms with Gasteiger partial charge in [-0.25, -0.2) is 17.1 Å². The second kappa shape index (κ2) is 7.32. The van der Waals surface area contributed by atoms with Crippen LogP contribution in [0.15, 0.2) is 42.5 Å². The van der Waals surface area contributed by atoms with E-state index in [9.17, 15) is 12.8 Å². The summed E-state index contributed by atoms with van der Waals surface area (Å²) in [5.74, 6) is -0.567. The molecule has 2 aromatic rings. The van der Waals surface area contributed by atoms with Crippen molar-refractivity contribution in [2.24, 2.45) is 0 Å². The molecule has 0 amide bonds. The topological polar surface area (TPSA) is 49.4 Å². The highest BCUT2D eigenvalue weighted by Gasteiger charge is 2.40. The molecule has 0 aliphatic carbocycles. The zero-order chi connectivity index (χ0) is 18.0. The zero-order valence-electron chi connectivity index (χ0n) is 13.9. The molecule has 1 aliphatic rings. The lowest BCUT2D eigenvalue weighted by Gasteiger charge is -2.35. The van der Waals surface area contributed by atoms with E-state index < -0.39 is 21.1 Å². The molecule has 0 fully saturated rings. The average Bonchev–Trinajstić information content (AvgIpc) is 2.57. The molecule has 134 valence electrons. The predicted molar refractivity (Wildman–Crippen MR) is 99.6 cm³/mol. The van der Waals surface area contributed by atoms with E-state index in [2.05, 4.69) is 5.32 Å². The van der Waals surface area contributed by atoms with E-state index in [-0.39, 0.29) is 5.69 Å². The third kappa shape index (κ3) is 3.52. The molecular weight excluding hydrogens is 363 g/mol. The van der Waals surface area contributed by atoms with Crippen molar-refractivity contribution in [3.05, 3.63) is 58.9 Å². The van der Waals surface area contributed by atoms with Crippen molar-refractivity contribution in [3.8, 4) is 0 Å². The van der Waals surface area contributed by atoms with Gasteiger partial charge in [0.25, 0.3) is 0 Å². The van der Waals surface area contributed by atoms with Crippen LogP contribution in [0.2, 0.25) is 5.02 Å². The van der Waals surface area contributed by atoms with Crippen LogP contribution in [0.4, 0.5) is 15.8 Å². The smallest absolute Gasteiger partial charge is 0.242 e. The number of halogens is 2. The molecule has 1 N–H and O–H groups in total. The number of hydrogen-bond acceptors (Lipinski definition) is 3. The summed E-state index contributed by atoms with van der Waals surface area (Å²) in [7, 11) is -1.89. The van der Waals surface area contributed by atoms with Gasteiger partial charge in [-0.3, -0.25) is 0 Å². The average molecular weight is 383 g/mol. The molecule has 0 bridgehead atoms. The first kappa shape index (κ1) is 18.2. The quantitative estimate of drug-likeness (QED) is 0.798. The van der Waals surface area contributed by atoms with Crippen LogP contribution in [0.5, 0.6) is 0 Å². The van der Waals surface area contributed by atoms with Crippen molar-refractivity contribution in [2.45, 2.75) is 24.5 Å². The molecule has 0 unspecified atom stereocenters. The lowest BCUT2D eigenvalue weighted by atomic mass is 10.0. The molecule has 4 nitrogen and oxygen atoms in total. The summed E-state index contributed by atoms with van der Waals surface area (Å²) in [5.41, 5.74) is 1.34. The Morgan fingerprint density at radius 3 is 2.72 bits per heavy atom. The van der Waals surface area contributed by atoms with Gasteiger partial charge in [0.15, 0.2) is 0 Å². The van der Waals surface area contributed by atoms with Gasteiger partial charge in [-0.15, -0.1) is 0 Å². The number of anilines is 2. The number of rotatable bonds is 5. The number of para-hydroxylation sites is 1. The number of benzene rings is 2. The van der Waals surface area contributed by atoms with Gasteiger partial charge in [0, 0.05) is 5.02 Å². The van der Waals surface area contributed by atoms with Gasteiger partial charge in [0.1, 0.15) is 5.82 Å². The summed E-state index contributed by atoms with van der Waals surface area (Å²) in [5, 5.41) is 2.96. The van der Waals surface area contributed by atoms with Crippen LogP contribution < -0.4 is 9.62 Å². The molecule has 3 rings (SSSR count). The molecule has 1 heterocycles. The van der Waals surface area contributed by atoms with E-state index in [0.717, 1.165) is 22.8 Å². The summed E-state index contributed by atoms with van der Waals surface area (Å²) < 4.78 is 41.9. The van der Waals surface area contributed by atoms with E-state index in [1.165, 1.54) is 12.1 Å². The predicted octanol–water partition coefficient (Wildman–Crippen LogP) is 3.87. The third-order valence-electron chi connectivity index (χ3n) is 4.41. The molecule has 25 heavy (non-hydrogen) atoms. The Morgan fingerprint density at radius 2 is 2.00 bits per heavy atom. The molecule has 2 aromatic carbocycles. The Hall–Kier alpha value is -1.63. The molecular formula is C18H20ClFN2O2S. The van der Waals surface area contributed by atoms with Gasteiger partial charge >= 0.3 is 0 Å². The van der Waals surface area contributed by atoms with Gasteiger partial charge in [-0.05, 0) is 68.8 Å². The first-order valence-corrected chi connectivity index (χ1v) is 10.0. The van der Waals surface area contributed by atoms with Crippen LogP contribution in [0.3, 0.4) is 0 Å². The highest BCUT2D eigenvalue weighted by Crippen LogP contribution is 2.41. The van der Waals surface area contributed by atoms with Gasteiger partial charge in [0.2, 0.25) is 10.0 Å². The summed E-state index contributed by atoms with van der Waals surface area (Å²) in [4.78, 5) is 0. The monoisotopic (exact) mass is 382 g/mol. The number of hydrogen-bond donors (Lipinski definition) is 1. The summed E-state index contributed by atoms with van der Waals surface area (Å²) in [6, 6.07) is 11.0. The molecule has 1 aliphatic heterocycles. The zero-order valence-corrected chi connectivity index (χ0v) is 15.4. The van der Waals surface area contributed by atoms with E-state index in [0.29, 0.717) is 23.6 Å². The largest absolute Gasteiger partial charge is 0.320 e. The van der Waals surface area contributed by atoms with Gasteiger partial charge < -0.3 is 5.32 Å². The minimum Gasteiger partial charge on any atom is -0.320 e. The van der Waals surface area contributed by atoms with E-state index in [4.69, 9.17) is 11.6 Å². The second-order valence-electron chi connectivity index (χ2n) is 6.11. The van der Waals surface area contributed by atoms with Gasteiger partial charge in [-0.2, -0.15) is 0 Å². The molecule has 0 radical (unpaired) electrons. The van der Waals surface area contributed by atoms with Crippen LogP contribution in [-0.2, 0) is 16.4 Å². The fourth-order valence-corrected chi connectivity index (χ4v) is 5.42. The molecule has 0 saturated carbocycles. The molecule has 1 atom stereocenters. The molecule has 0 aromatic heterocycles. The first-order valence-electron chi connectivity index (χ1n) is 8.17. The van der Waals surface area contributed by atoms with Gasteiger partial charge in [0.05, 0.1) is 16.6 Å². The Kier molecular flexibility index (Phi) is 5.32. The Labute approximate surface area is 152 Å². The van der Waals surface area contributed by atoms with Crippen LogP contribution in [0, 0.1) is 5.82 Å². The summed E-state index contributed by atoms with van der Waals surface area (Å²) in [6.45, 7) is 0.730. The van der Waals surface area contributed by atoms with E-state index in [1.807, 2.05) is 7.05 Å². The number of fused-ring (bicyclic) bond motifs is 1. The van der Waals surface area contributed by atoms with Crippen molar-refractivity contribution >= 4 is 33.0 Å². The Balaban J connectivity index is 2.12. The van der Waals surface area contributed by atoms with Crippen molar-refractivity contribution in [2.75, 3.05) is 17.9 Å². The van der Waals surface area contributed by atoms with Crippen molar-refractivity contribution in [3.63, 3.8) is 0 Å². The van der Waals surface area contributed by atoms with Crippen LogP contribution >= 0.6 is 11.6 Å². The number of nitrogens with one attached hydrogen (secondary N) is 1. The maximum atomic E-state index is 14.4. The minimum atomic E-state index is -3.72. The molecule has 0 spiro atoms. The third-order valence-corrected chi connectivity index (χ3v) is 6.79. The number of nitrogens with zero attached hydrogens (tertiary/aromatic N) is 1. The Bertz CT molecular complexity index is 873. The van der Waals surface area contributed by atoms with Crippen molar-refractivity contribution < 1.29 is 12.8 Å². The van der Waals surface area contributed by atoms with Crippen LogP contribution in [0.25, 0.3) is 0 Å². The fraction of sp³-hybridized carbons (Fsp3) is 0.333. The van der Waals surface area contributed by atoms with Crippen LogP contribution in [0.1, 0.15) is 18.4 Å².